The fourth-order valence-electron chi connectivity index (χ4n) is 1.40. The van der Waals surface area contributed by atoms with Gasteiger partial charge in [-0.05, 0) is 6.42 Å². The van der Waals surface area contributed by atoms with E-state index in [1.54, 1.807) is 0 Å². The largest absolute Gasteiger partial charge is 0.480 e. The van der Waals surface area contributed by atoms with Crippen molar-refractivity contribution in [3.63, 3.8) is 0 Å². The standard InChI is InChI=1S/C10H17N3O6S.C4H10O2S2/c11-5(10(18)19)1-2-7(14)13-6(4-20)9(17)12-3-8(15)16;5-3(1-7)4(6)2-8/h5-6,20H,1-4,11H2,(H,12,17)(H,13,14)(H,15,16)(H,18,19);3-8H,1-2H2/t5-,6-;3-,4-/m00/s1. The molecule has 0 aliphatic heterocycles. The lowest BCUT2D eigenvalue weighted by Crippen LogP contribution is -2.49. The van der Waals surface area contributed by atoms with Crippen molar-refractivity contribution in [2.24, 2.45) is 5.73 Å². The highest BCUT2D eigenvalue weighted by atomic mass is 32.1. The lowest BCUT2D eigenvalue weighted by atomic mass is 10.1. The molecule has 0 aromatic rings. The fourth-order valence-corrected chi connectivity index (χ4v) is 2.14. The van der Waals surface area contributed by atoms with Crippen LogP contribution in [0.5, 0.6) is 0 Å². The van der Waals surface area contributed by atoms with Crippen molar-refractivity contribution in [2.75, 3.05) is 23.8 Å². The zero-order chi connectivity index (χ0) is 22.3. The molecule has 0 aliphatic rings. The highest BCUT2D eigenvalue weighted by Crippen LogP contribution is 1.98. The molecule has 0 aromatic heterocycles. The van der Waals surface area contributed by atoms with Crippen LogP contribution >= 0.6 is 37.9 Å². The second-order valence-electron chi connectivity index (χ2n) is 5.40. The number of rotatable bonds is 12. The monoisotopic (exact) mass is 461 g/mol. The molecule has 164 valence electrons. The number of aliphatic carboxylic acids is 2. The Morgan fingerprint density at radius 1 is 0.929 bits per heavy atom. The van der Waals surface area contributed by atoms with Gasteiger partial charge in [0.05, 0.1) is 12.2 Å². The number of amides is 2. The van der Waals surface area contributed by atoms with E-state index in [-0.39, 0.29) is 30.1 Å². The smallest absolute Gasteiger partial charge is 0.322 e. The second kappa shape index (κ2) is 16.7. The maximum Gasteiger partial charge on any atom is 0.322 e. The van der Waals surface area contributed by atoms with Gasteiger partial charge in [0, 0.05) is 23.7 Å². The van der Waals surface area contributed by atoms with E-state index in [2.05, 4.69) is 48.5 Å². The van der Waals surface area contributed by atoms with Crippen molar-refractivity contribution in [1.29, 1.82) is 0 Å². The van der Waals surface area contributed by atoms with Gasteiger partial charge >= 0.3 is 11.9 Å². The predicted molar refractivity (Wildman–Crippen MR) is 111 cm³/mol. The molecule has 0 aromatic carbocycles. The minimum absolute atomic E-state index is 0.0256. The van der Waals surface area contributed by atoms with Gasteiger partial charge in [0.1, 0.15) is 18.6 Å². The molecule has 11 nitrogen and oxygen atoms in total. The third-order valence-corrected chi connectivity index (χ3v) is 4.18. The number of hydrogen-bond acceptors (Lipinski definition) is 10. The number of carboxylic acid groups (broad SMARTS) is 2. The molecule has 28 heavy (non-hydrogen) atoms. The van der Waals surface area contributed by atoms with Crippen LogP contribution in [-0.2, 0) is 19.2 Å². The van der Waals surface area contributed by atoms with Crippen molar-refractivity contribution in [3.8, 4) is 0 Å². The second-order valence-corrected chi connectivity index (χ2v) is 6.49. The number of hydrogen-bond donors (Lipinski definition) is 10. The molecule has 0 spiro atoms. The maximum absolute atomic E-state index is 11.5. The Labute approximate surface area is 178 Å². The lowest BCUT2D eigenvalue weighted by molar-refractivity contribution is -0.139. The molecular weight excluding hydrogens is 434 g/mol. The van der Waals surface area contributed by atoms with Gasteiger partial charge in [-0.3, -0.25) is 19.2 Å². The van der Waals surface area contributed by atoms with E-state index in [1.165, 1.54) is 0 Å². The van der Waals surface area contributed by atoms with Crippen molar-refractivity contribution in [1.82, 2.24) is 10.6 Å². The average molecular weight is 462 g/mol. The van der Waals surface area contributed by atoms with E-state index in [4.69, 9.17) is 26.2 Å². The van der Waals surface area contributed by atoms with Crippen LogP contribution < -0.4 is 16.4 Å². The van der Waals surface area contributed by atoms with Gasteiger partial charge in [0.25, 0.3) is 0 Å². The van der Waals surface area contributed by atoms with Crippen LogP contribution in [-0.4, -0.2) is 92.3 Å². The van der Waals surface area contributed by atoms with Crippen LogP contribution in [0.2, 0.25) is 0 Å². The molecular formula is C14H27N3O8S3. The zero-order valence-corrected chi connectivity index (χ0v) is 17.6. The summed E-state index contributed by atoms with van der Waals surface area (Å²) in [5, 5.41) is 38.9. The number of carbonyl (C=O) groups excluding carboxylic acids is 2. The van der Waals surface area contributed by atoms with E-state index >= 15 is 0 Å². The van der Waals surface area contributed by atoms with E-state index in [9.17, 15) is 19.2 Å². The number of aliphatic hydroxyl groups is 2. The molecule has 0 heterocycles. The summed E-state index contributed by atoms with van der Waals surface area (Å²) in [6, 6.07) is -2.15. The minimum Gasteiger partial charge on any atom is -0.480 e. The molecule has 14 heteroatoms. The van der Waals surface area contributed by atoms with Crippen LogP contribution in [0.4, 0.5) is 0 Å². The third-order valence-electron chi connectivity index (χ3n) is 3.07. The fraction of sp³-hybridized carbons (Fsp3) is 0.714. The number of nitrogens with two attached hydrogens (primary N) is 1. The molecule has 0 radical (unpaired) electrons. The van der Waals surface area contributed by atoms with Crippen molar-refractivity contribution >= 4 is 61.6 Å². The van der Waals surface area contributed by atoms with E-state index in [0.717, 1.165) is 0 Å². The van der Waals surface area contributed by atoms with Crippen LogP contribution in [0.25, 0.3) is 0 Å². The summed E-state index contributed by atoms with van der Waals surface area (Å²) in [4.78, 5) is 43.7. The van der Waals surface area contributed by atoms with Crippen molar-refractivity contribution < 1.29 is 39.6 Å². The quantitative estimate of drug-likeness (QED) is 0.138. The number of nitrogens with one attached hydrogen (secondary N) is 2. The Hall–Kier alpha value is -1.19. The molecule has 8 N–H and O–H groups in total. The van der Waals surface area contributed by atoms with Gasteiger partial charge in [0.2, 0.25) is 11.8 Å². The summed E-state index contributed by atoms with van der Waals surface area (Å²) in [6.45, 7) is -0.567. The summed E-state index contributed by atoms with van der Waals surface area (Å²) in [5.41, 5.74) is 5.23. The van der Waals surface area contributed by atoms with Crippen molar-refractivity contribution in [2.45, 2.75) is 37.1 Å². The number of carboxylic acids is 2. The molecule has 0 unspecified atom stereocenters. The predicted octanol–water partition coefficient (Wildman–Crippen LogP) is -2.64. The summed E-state index contributed by atoms with van der Waals surface area (Å²) < 4.78 is 0. The summed E-state index contributed by atoms with van der Waals surface area (Å²) in [6.07, 6.45) is -1.71. The van der Waals surface area contributed by atoms with Crippen LogP contribution in [0.3, 0.4) is 0 Å². The van der Waals surface area contributed by atoms with Gasteiger partial charge < -0.3 is 36.8 Å². The molecule has 0 rings (SSSR count). The third kappa shape index (κ3) is 14.8. The first-order valence-electron chi connectivity index (χ1n) is 7.96. The lowest BCUT2D eigenvalue weighted by Gasteiger charge is -2.16. The van der Waals surface area contributed by atoms with Gasteiger partial charge in [0.15, 0.2) is 0 Å². The first kappa shape index (κ1) is 29.0. The molecule has 0 saturated heterocycles. The molecule has 0 bridgehead atoms. The molecule has 0 aliphatic carbocycles. The normalized spacial score (nSPS) is 14.5. The first-order chi connectivity index (χ1) is 13.0. The zero-order valence-electron chi connectivity index (χ0n) is 14.9. The van der Waals surface area contributed by atoms with Crippen LogP contribution in [0, 0.1) is 0 Å². The SMILES string of the molecule is N[C@@H](CCC(=O)N[C@@H](CS)C(=O)NCC(=O)O)C(=O)O.O[C@@H](CS)[C@@H](O)CS. The molecule has 4 atom stereocenters. The minimum atomic E-state index is -1.22. The Kier molecular flexibility index (Phi) is 17.3. The Morgan fingerprint density at radius 3 is 1.79 bits per heavy atom. The van der Waals surface area contributed by atoms with Gasteiger partial charge in [-0.15, -0.1) is 0 Å². The molecule has 0 fully saturated rings. The van der Waals surface area contributed by atoms with Gasteiger partial charge in [-0.2, -0.15) is 37.9 Å². The Morgan fingerprint density at radius 2 is 1.43 bits per heavy atom. The summed E-state index contributed by atoms with van der Waals surface area (Å²) >= 11 is 11.4. The number of thiol groups is 3. The highest BCUT2D eigenvalue weighted by Gasteiger charge is 2.20. The van der Waals surface area contributed by atoms with E-state index in [0.29, 0.717) is 0 Å². The van der Waals surface area contributed by atoms with E-state index < -0.39 is 54.6 Å². The topological polar surface area (TPSA) is 199 Å². The highest BCUT2D eigenvalue weighted by molar-refractivity contribution is 7.80. The van der Waals surface area contributed by atoms with Crippen LogP contribution in [0.15, 0.2) is 0 Å². The van der Waals surface area contributed by atoms with Crippen LogP contribution in [0.1, 0.15) is 12.8 Å². The molecule has 0 saturated carbocycles. The Balaban J connectivity index is 0. The van der Waals surface area contributed by atoms with Gasteiger partial charge in [-0.25, -0.2) is 0 Å². The Bertz CT molecular complexity index is 504. The van der Waals surface area contributed by atoms with E-state index in [1.807, 2.05) is 0 Å². The maximum atomic E-state index is 11.5. The molecule has 2 amide bonds. The summed E-state index contributed by atoms with van der Waals surface area (Å²) in [5.74, 6) is -3.15. The number of aliphatic hydroxyl groups excluding tert-OH is 2. The van der Waals surface area contributed by atoms with Gasteiger partial charge in [-0.1, -0.05) is 0 Å². The number of carbonyl (C=O) groups is 4. The summed E-state index contributed by atoms with van der Waals surface area (Å²) in [7, 11) is 0. The first-order valence-corrected chi connectivity index (χ1v) is 9.85. The average Bonchev–Trinajstić information content (AvgIpc) is 2.67. The van der Waals surface area contributed by atoms with Crippen molar-refractivity contribution in [3.05, 3.63) is 0 Å².